The zero-order chi connectivity index (χ0) is 17.3. The van der Waals surface area contributed by atoms with Crippen LogP contribution in [-0.4, -0.2) is 4.52 Å². The maximum Gasteiger partial charge on any atom is 0.0731 e. The largest absolute Gasteiger partial charge is 0.251 e. The second kappa shape index (κ2) is 8.95. The zero-order valence-corrected chi connectivity index (χ0v) is 14.0. The third-order valence-electron chi connectivity index (χ3n) is 3.04. The number of hydrogen-bond acceptors (Lipinski definition) is 4. The van der Waals surface area contributed by atoms with Gasteiger partial charge in [-0.3, -0.25) is 4.78 Å². The fourth-order valence-corrected chi connectivity index (χ4v) is 3.26. The summed E-state index contributed by atoms with van der Waals surface area (Å²) in [6.45, 7) is 0. The number of nitrogens with two attached hydrogens (primary N) is 2. The van der Waals surface area contributed by atoms with Gasteiger partial charge in [-0.15, -0.1) is 4.52 Å². The van der Waals surface area contributed by atoms with Crippen molar-refractivity contribution in [3.8, 4) is 0 Å². The van der Waals surface area contributed by atoms with Gasteiger partial charge in [-0.25, -0.2) is 11.7 Å². The van der Waals surface area contributed by atoms with Crippen molar-refractivity contribution in [1.82, 2.24) is 4.52 Å². The third kappa shape index (κ3) is 5.00. The molecule has 1 unspecified atom stereocenters. The van der Waals surface area contributed by atoms with Gasteiger partial charge in [0.15, 0.2) is 0 Å². The normalized spacial score (nSPS) is 15.7. The van der Waals surface area contributed by atoms with Crippen molar-refractivity contribution < 1.29 is 0 Å². The molecule has 124 valence electrons. The Morgan fingerprint density at radius 2 is 1.33 bits per heavy atom. The molecule has 2 rings (SSSR count). The van der Waals surface area contributed by atoms with E-state index in [1.807, 2.05) is 97.1 Å². The Kier molecular flexibility index (Phi) is 6.65. The van der Waals surface area contributed by atoms with Crippen molar-refractivity contribution in [1.29, 1.82) is 4.78 Å². The highest BCUT2D eigenvalue weighted by Crippen LogP contribution is 2.21. The summed E-state index contributed by atoms with van der Waals surface area (Å²) in [7, 11) is -2.69. The van der Waals surface area contributed by atoms with Crippen LogP contribution in [0.15, 0.2) is 106 Å². The van der Waals surface area contributed by atoms with Crippen LogP contribution in [0.1, 0.15) is 0 Å². The van der Waals surface area contributed by atoms with Gasteiger partial charge in [-0.1, -0.05) is 72.8 Å². The maximum atomic E-state index is 8.78. The van der Waals surface area contributed by atoms with Gasteiger partial charge in [0.1, 0.15) is 0 Å². The van der Waals surface area contributed by atoms with Crippen LogP contribution in [0.25, 0.3) is 0 Å². The number of nitrogens with zero attached hydrogens (tertiary/aromatic N) is 2. The molecule has 5 nitrogen and oxygen atoms in total. The molecule has 1 aliphatic carbocycles. The van der Waals surface area contributed by atoms with Gasteiger partial charge in [-0.05, 0) is 24.3 Å². The van der Waals surface area contributed by atoms with E-state index in [4.69, 9.17) is 16.5 Å². The smallest absolute Gasteiger partial charge is 0.0731 e. The molecule has 0 aliphatic heterocycles. The molecule has 6 heteroatoms. The summed E-state index contributed by atoms with van der Waals surface area (Å²) in [5.41, 5.74) is 0.619. The van der Waals surface area contributed by atoms with E-state index in [9.17, 15) is 0 Å². The molecule has 1 aliphatic rings. The summed E-state index contributed by atoms with van der Waals surface area (Å²) in [5.74, 6) is 11.6. The fourth-order valence-electron chi connectivity index (χ4n) is 1.86. The van der Waals surface area contributed by atoms with E-state index in [2.05, 4.69) is 4.36 Å². The summed E-state index contributed by atoms with van der Waals surface area (Å²) in [6, 6.07) is 16.9. The van der Waals surface area contributed by atoms with E-state index in [0.717, 1.165) is 4.52 Å². The minimum Gasteiger partial charge on any atom is -0.251 e. The standard InChI is InChI=1S/C18H21N5S/c19-23(20)24(21,18-15-11-7-4-8-12-16-18)22-17-13-9-5-2-1-3-6-10-14-17/h1-16,21H,19-20H2. The molecule has 0 heterocycles. The van der Waals surface area contributed by atoms with Gasteiger partial charge in [0.2, 0.25) is 0 Å². The van der Waals surface area contributed by atoms with E-state index in [0.29, 0.717) is 10.6 Å². The van der Waals surface area contributed by atoms with Crippen LogP contribution in [0.3, 0.4) is 0 Å². The molecular formula is C18H21N5S. The predicted molar refractivity (Wildman–Crippen MR) is 102 cm³/mol. The molecule has 0 bridgehead atoms. The van der Waals surface area contributed by atoms with E-state index in [-0.39, 0.29) is 0 Å². The van der Waals surface area contributed by atoms with Crippen LogP contribution in [0.4, 0.5) is 5.69 Å². The second-order valence-electron chi connectivity index (χ2n) is 4.80. The fraction of sp³-hybridized carbons (Fsp3) is 0. The second-order valence-corrected chi connectivity index (χ2v) is 6.98. The Hall–Kier alpha value is -2.51. The molecule has 0 spiro atoms. The van der Waals surface area contributed by atoms with E-state index in [1.165, 1.54) is 0 Å². The van der Waals surface area contributed by atoms with Crippen molar-refractivity contribution in [3.05, 3.63) is 102 Å². The molecule has 0 saturated heterocycles. The number of rotatable bonds is 3. The van der Waals surface area contributed by atoms with E-state index < -0.39 is 9.81 Å². The van der Waals surface area contributed by atoms with E-state index in [1.54, 1.807) is 0 Å². The first-order valence-electron chi connectivity index (χ1n) is 7.33. The van der Waals surface area contributed by atoms with Crippen LogP contribution in [0.2, 0.25) is 0 Å². The number of nitrogens with one attached hydrogen (secondary N) is 1. The van der Waals surface area contributed by atoms with Gasteiger partial charge in [-0.2, -0.15) is 4.36 Å². The van der Waals surface area contributed by atoms with Gasteiger partial charge in [0, 0.05) is 4.91 Å². The minimum atomic E-state index is -2.69. The summed E-state index contributed by atoms with van der Waals surface area (Å²) < 4.78 is 14.2. The molecular weight excluding hydrogens is 318 g/mol. The van der Waals surface area contributed by atoms with Crippen LogP contribution in [0, 0.1) is 4.78 Å². The molecule has 0 saturated carbocycles. The summed E-state index contributed by atoms with van der Waals surface area (Å²) in [5, 5.41) is 0. The first-order valence-corrected chi connectivity index (χ1v) is 8.88. The summed E-state index contributed by atoms with van der Waals surface area (Å²) in [4.78, 5) is 0.638. The summed E-state index contributed by atoms with van der Waals surface area (Å²) in [6.07, 6.45) is 13.0. The molecule has 1 aromatic carbocycles. The molecule has 0 fully saturated rings. The minimum absolute atomic E-state index is 0.619. The van der Waals surface area contributed by atoms with Gasteiger partial charge >= 0.3 is 0 Å². The Morgan fingerprint density at radius 3 is 1.96 bits per heavy atom. The van der Waals surface area contributed by atoms with Crippen molar-refractivity contribution in [3.63, 3.8) is 0 Å². The summed E-state index contributed by atoms with van der Waals surface area (Å²) >= 11 is 0. The van der Waals surface area contributed by atoms with Crippen LogP contribution in [0.5, 0.6) is 0 Å². The molecule has 0 amide bonds. The quantitative estimate of drug-likeness (QED) is 0.572. The Labute approximate surface area is 143 Å². The third-order valence-corrected chi connectivity index (χ3v) is 5.05. The van der Waals surface area contributed by atoms with Crippen LogP contribution >= 0.6 is 0 Å². The average Bonchev–Trinajstić information content (AvgIpc) is 2.53. The Balaban J connectivity index is 2.63. The van der Waals surface area contributed by atoms with Gasteiger partial charge in [0.05, 0.1) is 15.5 Å². The molecule has 0 aromatic heterocycles. The van der Waals surface area contributed by atoms with Crippen molar-refractivity contribution >= 4 is 15.5 Å². The lowest BCUT2D eigenvalue weighted by atomic mass is 10.3. The SMILES string of the molecule is N=S(=Nc1ccccccccc1)(C1=CC=CC=CC=C1)N(N)N. The first kappa shape index (κ1) is 17.8. The van der Waals surface area contributed by atoms with E-state index >= 15 is 0 Å². The van der Waals surface area contributed by atoms with Crippen molar-refractivity contribution in [2.24, 2.45) is 16.0 Å². The Bertz CT molecular complexity index is 830. The number of hydrogen-bond donors (Lipinski definition) is 3. The predicted octanol–water partition coefficient (Wildman–Crippen LogP) is 4.07. The van der Waals surface area contributed by atoms with Crippen molar-refractivity contribution in [2.75, 3.05) is 0 Å². The van der Waals surface area contributed by atoms with Gasteiger partial charge < -0.3 is 0 Å². The van der Waals surface area contributed by atoms with Crippen molar-refractivity contribution in [2.45, 2.75) is 0 Å². The molecule has 0 radical (unpaired) electrons. The molecule has 1 atom stereocenters. The molecule has 1 aromatic rings. The highest BCUT2D eigenvalue weighted by Gasteiger charge is 2.13. The monoisotopic (exact) mass is 339 g/mol. The lowest BCUT2D eigenvalue weighted by molar-refractivity contribution is 0.518. The molecule has 24 heavy (non-hydrogen) atoms. The number of allylic oxidation sites excluding steroid dienone is 7. The Morgan fingerprint density at radius 1 is 0.792 bits per heavy atom. The highest BCUT2D eigenvalue weighted by atomic mass is 32.2. The zero-order valence-electron chi connectivity index (χ0n) is 13.2. The van der Waals surface area contributed by atoms with Crippen LogP contribution < -0.4 is 11.7 Å². The highest BCUT2D eigenvalue weighted by molar-refractivity contribution is 7.96. The lowest BCUT2D eigenvalue weighted by Gasteiger charge is -2.20. The molecule has 5 N–H and O–H groups in total. The maximum absolute atomic E-state index is 8.78. The van der Waals surface area contributed by atoms with Crippen LogP contribution in [-0.2, 0) is 9.81 Å². The topological polar surface area (TPSA) is 91.5 Å². The first-order chi connectivity index (χ1) is 11.6. The van der Waals surface area contributed by atoms with Gasteiger partial charge in [0.25, 0.3) is 0 Å². The average molecular weight is 339 g/mol. The lowest BCUT2D eigenvalue weighted by Crippen LogP contribution is -2.42. The number of hydrazine groups is 2.